The molecule has 1 aromatic carbocycles. The second-order valence-electron chi connectivity index (χ2n) is 2.95. The molecule has 4 nitrogen and oxygen atoms in total. The summed E-state index contributed by atoms with van der Waals surface area (Å²) in [6.45, 7) is 1.87. The van der Waals surface area contributed by atoms with Crippen LogP contribution in [0.4, 0.5) is 0 Å². The molecule has 0 fully saturated rings. The lowest BCUT2D eigenvalue weighted by Crippen LogP contribution is -2.12. The molecule has 0 saturated heterocycles. The molecule has 0 unspecified atom stereocenters. The van der Waals surface area contributed by atoms with Crippen molar-refractivity contribution in [2.75, 3.05) is 12.4 Å². The van der Waals surface area contributed by atoms with E-state index >= 15 is 0 Å². The summed E-state index contributed by atoms with van der Waals surface area (Å²) in [5.41, 5.74) is 1.04. The van der Waals surface area contributed by atoms with Gasteiger partial charge in [-0.2, -0.15) is 8.42 Å². The first kappa shape index (κ1) is 11.0. The van der Waals surface area contributed by atoms with Crippen molar-refractivity contribution in [1.29, 1.82) is 0 Å². The Hall–Kier alpha value is -1.07. The molecular weight excluding hydrogens is 204 g/mol. The lowest BCUT2D eigenvalue weighted by atomic mass is 10.2. The first-order valence-electron chi connectivity index (χ1n) is 4.12. The molecule has 1 rings (SSSR count). The highest BCUT2D eigenvalue weighted by Crippen LogP contribution is 2.11. The zero-order valence-corrected chi connectivity index (χ0v) is 8.62. The molecule has 0 amide bonds. The molecule has 5 heteroatoms. The molecule has 0 aromatic heterocycles. The Balaban J connectivity index is 2.47. The summed E-state index contributed by atoms with van der Waals surface area (Å²) in [5, 5.41) is 0. The van der Waals surface area contributed by atoms with Crippen molar-refractivity contribution >= 4 is 10.1 Å². The van der Waals surface area contributed by atoms with Crippen molar-refractivity contribution < 1.29 is 17.7 Å². The van der Waals surface area contributed by atoms with Crippen LogP contribution in [0, 0.1) is 6.92 Å². The topological polar surface area (TPSA) is 63.6 Å². The van der Waals surface area contributed by atoms with Crippen molar-refractivity contribution in [3.8, 4) is 5.75 Å². The van der Waals surface area contributed by atoms with Crippen molar-refractivity contribution in [3.05, 3.63) is 29.8 Å². The Morgan fingerprint density at radius 2 is 2.14 bits per heavy atom. The highest BCUT2D eigenvalue weighted by atomic mass is 32.2. The maximum atomic E-state index is 10.4. The summed E-state index contributed by atoms with van der Waals surface area (Å²) in [7, 11) is -3.93. The van der Waals surface area contributed by atoms with Crippen molar-refractivity contribution in [2.45, 2.75) is 6.92 Å². The quantitative estimate of drug-likeness (QED) is 0.770. The highest BCUT2D eigenvalue weighted by molar-refractivity contribution is 7.85. The van der Waals surface area contributed by atoms with Gasteiger partial charge < -0.3 is 4.74 Å². The van der Waals surface area contributed by atoms with Gasteiger partial charge in [0, 0.05) is 0 Å². The minimum absolute atomic E-state index is 0.0394. The molecule has 1 N–H and O–H groups in total. The van der Waals surface area contributed by atoms with Gasteiger partial charge in [0.1, 0.15) is 18.1 Å². The molecule has 0 bridgehead atoms. The Bertz CT molecular complexity index is 397. The monoisotopic (exact) mass is 216 g/mol. The summed E-state index contributed by atoms with van der Waals surface area (Å²) in [5.74, 6) is 0.217. The van der Waals surface area contributed by atoms with Crippen LogP contribution in [0.3, 0.4) is 0 Å². The summed E-state index contributed by atoms with van der Waals surface area (Å²) < 4.78 is 34.3. The fourth-order valence-corrected chi connectivity index (χ4v) is 1.26. The van der Waals surface area contributed by atoms with Crippen LogP contribution in [0.1, 0.15) is 5.56 Å². The van der Waals surface area contributed by atoms with Crippen LogP contribution in [-0.4, -0.2) is 25.3 Å². The van der Waals surface area contributed by atoms with Gasteiger partial charge in [-0.3, -0.25) is 4.55 Å². The minimum Gasteiger partial charge on any atom is -0.492 e. The van der Waals surface area contributed by atoms with E-state index in [1.807, 2.05) is 19.1 Å². The maximum Gasteiger partial charge on any atom is 0.268 e. The van der Waals surface area contributed by atoms with Crippen LogP contribution in [0.25, 0.3) is 0 Å². The molecule has 1 aromatic rings. The number of ether oxygens (including phenoxy) is 1. The summed E-state index contributed by atoms with van der Waals surface area (Å²) in [4.78, 5) is 0. The Kier molecular flexibility index (Phi) is 3.49. The van der Waals surface area contributed by atoms with Gasteiger partial charge in [-0.15, -0.1) is 0 Å². The zero-order chi connectivity index (χ0) is 10.6. The first-order valence-corrected chi connectivity index (χ1v) is 5.73. The van der Waals surface area contributed by atoms with Crippen molar-refractivity contribution in [2.24, 2.45) is 0 Å². The van der Waals surface area contributed by atoms with E-state index in [0.29, 0.717) is 5.75 Å². The second kappa shape index (κ2) is 4.43. The predicted octanol–water partition coefficient (Wildman–Crippen LogP) is 1.26. The van der Waals surface area contributed by atoms with Gasteiger partial charge in [-0.25, -0.2) is 0 Å². The van der Waals surface area contributed by atoms with Crippen LogP contribution < -0.4 is 4.74 Å². The van der Waals surface area contributed by atoms with E-state index in [-0.39, 0.29) is 12.4 Å². The van der Waals surface area contributed by atoms with Crippen LogP contribution in [0.15, 0.2) is 24.3 Å². The van der Waals surface area contributed by atoms with Crippen LogP contribution in [0.2, 0.25) is 0 Å². The van der Waals surface area contributed by atoms with Gasteiger partial charge in [0.15, 0.2) is 0 Å². The molecule has 0 aliphatic carbocycles. The fourth-order valence-electron chi connectivity index (χ4n) is 0.970. The van der Waals surface area contributed by atoms with Gasteiger partial charge in [0.2, 0.25) is 0 Å². The second-order valence-corrected chi connectivity index (χ2v) is 4.52. The molecule has 0 aliphatic rings. The maximum absolute atomic E-state index is 10.4. The highest BCUT2D eigenvalue weighted by Gasteiger charge is 2.04. The molecular formula is C9H12O4S. The lowest BCUT2D eigenvalue weighted by Gasteiger charge is -2.04. The lowest BCUT2D eigenvalue weighted by molar-refractivity contribution is 0.335. The third-order valence-corrected chi connectivity index (χ3v) is 2.28. The summed E-state index contributed by atoms with van der Waals surface area (Å²) >= 11 is 0. The Morgan fingerprint density at radius 3 is 2.71 bits per heavy atom. The van der Waals surface area contributed by atoms with E-state index in [2.05, 4.69) is 0 Å². The SMILES string of the molecule is Cc1cccc(OCCS(=O)(=O)O)c1. The van der Waals surface area contributed by atoms with Gasteiger partial charge in [0.25, 0.3) is 10.1 Å². The predicted molar refractivity (Wildman–Crippen MR) is 53.1 cm³/mol. The molecule has 0 saturated carbocycles. The standard InChI is InChI=1S/C9H12O4S/c1-8-3-2-4-9(7-8)13-5-6-14(10,11)12/h2-4,7H,5-6H2,1H3,(H,10,11,12). The number of benzene rings is 1. The fraction of sp³-hybridized carbons (Fsp3) is 0.333. The third-order valence-electron chi connectivity index (χ3n) is 1.60. The van der Waals surface area contributed by atoms with E-state index in [4.69, 9.17) is 9.29 Å². The van der Waals surface area contributed by atoms with Gasteiger partial charge in [-0.05, 0) is 24.6 Å². The average molecular weight is 216 g/mol. The van der Waals surface area contributed by atoms with E-state index in [1.165, 1.54) is 0 Å². The van der Waals surface area contributed by atoms with E-state index < -0.39 is 10.1 Å². The van der Waals surface area contributed by atoms with Gasteiger partial charge >= 0.3 is 0 Å². The van der Waals surface area contributed by atoms with Gasteiger partial charge in [-0.1, -0.05) is 12.1 Å². The molecule has 0 aliphatic heterocycles. The van der Waals surface area contributed by atoms with E-state index in [0.717, 1.165) is 5.56 Å². The molecule has 0 spiro atoms. The van der Waals surface area contributed by atoms with Crippen LogP contribution in [0.5, 0.6) is 5.75 Å². The molecule has 14 heavy (non-hydrogen) atoms. The van der Waals surface area contributed by atoms with Gasteiger partial charge in [0.05, 0.1) is 0 Å². The number of rotatable bonds is 4. The molecule has 0 heterocycles. The van der Waals surface area contributed by atoms with Crippen molar-refractivity contribution in [1.82, 2.24) is 0 Å². The largest absolute Gasteiger partial charge is 0.492 e. The molecule has 78 valence electrons. The normalized spacial score (nSPS) is 11.3. The Morgan fingerprint density at radius 1 is 1.43 bits per heavy atom. The Labute approximate surface area is 83.3 Å². The van der Waals surface area contributed by atoms with E-state index in [9.17, 15) is 8.42 Å². The van der Waals surface area contributed by atoms with E-state index in [1.54, 1.807) is 12.1 Å². The third kappa shape index (κ3) is 4.25. The van der Waals surface area contributed by atoms with Crippen molar-refractivity contribution in [3.63, 3.8) is 0 Å². The van der Waals surface area contributed by atoms with Crippen LogP contribution >= 0.6 is 0 Å². The number of hydrogen-bond acceptors (Lipinski definition) is 3. The minimum atomic E-state index is -3.93. The number of hydrogen-bond donors (Lipinski definition) is 1. The average Bonchev–Trinajstić information content (AvgIpc) is 2.01. The first-order chi connectivity index (χ1) is 6.47. The van der Waals surface area contributed by atoms with Crippen LogP contribution in [-0.2, 0) is 10.1 Å². The zero-order valence-electron chi connectivity index (χ0n) is 7.80. The smallest absolute Gasteiger partial charge is 0.268 e. The molecule has 0 atom stereocenters. The molecule has 0 radical (unpaired) electrons. The summed E-state index contributed by atoms with van der Waals surface area (Å²) in [6.07, 6.45) is 0. The summed E-state index contributed by atoms with van der Waals surface area (Å²) in [6, 6.07) is 7.26. The number of aryl methyl sites for hydroxylation is 1.